The number of hydrogen-bond acceptors (Lipinski definition) is 2. The highest BCUT2D eigenvalue weighted by molar-refractivity contribution is 8.10. The molecule has 2 aromatic carbocycles. The molecule has 2 heteroatoms. The summed E-state index contributed by atoms with van der Waals surface area (Å²) < 4.78 is 0. The Balaban J connectivity index is 1.68. The van der Waals surface area contributed by atoms with Gasteiger partial charge in [-0.25, -0.2) is 0 Å². The van der Waals surface area contributed by atoms with Crippen LogP contribution in [0.4, 0.5) is 5.69 Å². The molecule has 0 radical (unpaired) electrons. The van der Waals surface area contributed by atoms with E-state index in [-0.39, 0.29) is 0 Å². The molecular weight excluding hydrogens is 358 g/mol. The number of thioether (sulfide) groups is 1. The van der Waals surface area contributed by atoms with E-state index in [1.807, 2.05) is 7.05 Å². The van der Waals surface area contributed by atoms with Gasteiger partial charge < -0.3 is 5.32 Å². The summed E-state index contributed by atoms with van der Waals surface area (Å²) in [6.45, 7) is 13.3. The maximum atomic E-state index is 4.34. The van der Waals surface area contributed by atoms with Crippen molar-refractivity contribution in [2.24, 2.45) is 0 Å². The van der Waals surface area contributed by atoms with E-state index in [2.05, 4.69) is 75.3 Å². The van der Waals surface area contributed by atoms with Crippen LogP contribution >= 0.6 is 11.8 Å². The summed E-state index contributed by atoms with van der Waals surface area (Å²) in [5.41, 5.74) is 11.0. The van der Waals surface area contributed by atoms with E-state index in [1.165, 1.54) is 63.9 Å². The van der Waals surface area contributed by atoms with Crippen molar-refractivity contribution in [3.05, 3.63) is 81.3 Å². The number of anilines is 1. The summed E-state index contributed by atoms with van der Waals surface area (Å²) >= 11 is 1.76. The van der Waals surface area contributed by atoms with Gasteiger partial charge in [-0.3, -0.25) is 0 Å². The fourth-order valence-corrected chi connectivity index (χ4v) is 4.84. The topological polar surface area (TPSA) is 12.0 Å². The molecule has 0 saturated heterocycles. The Morgan fingerprint density at radius 2 is 2.00 bits per heavy atom. The monoisotopic (exact) mass is 391 g/mol. The predicted octanol–water partition coefficient (Wildman–Crippen LogP) is 7.64. The molecular formula is C26H33NS. The Labute approximate surface area is 175 Å². The van der Waals surface area contributed by atoms with Crippen LogP contribution in [0.2, 0.25) is 0 Å². The summed E-state index contributed by atoms with van der Waals surface area (Å²) in [5, 5.41) is 5.54. The van der Waals surface area contributed by atoms with Gasteiger partial charge in [0.2, 0.25) is 0 Å². The quantitative estimate of drug-likeness (QED) is 0.543. The number of fused-ring (bicyclic) bond motifs is 1. The maximum absolute atomic E-state index is 4.34. The Bertz CT molecular complexity index is 907. The fourth-order valence-electron chi connectivity index (χ4n) is 4.15. The van der Waals surface area contributed by atoms with Crippen LogP contribution < -0.4 is 5.32 Å². The SMILES string of the molecule is C=C(S/C=C(\C)Cc1cc(C)c(NC)cc1C)c1ccc2c(c1)CCC[C@@H]2C. The predicted molar refractivity (Wildman–Crippen MR) is 127 cm³/mol. The molecule has 2 aromatic rings. The van der Waals surface area contributed by atoms with Crippen molar-refractivity contribution in [2.45, 2.75) is 59.3 Å². The molecule has 1 aliphatic carbocycles. The van der Waals surface area contributed by atoms with E-state index >= 15 is 0 Å². The van der Waals surface area contributed by atoms with Gasteiger partial charge in [-0.15, -0.1) is 0 Å². The molecule has 0 heterocycles. The van der Waals surface area contributed by atoms with Crippen LogP contribution in [0.25, 0.3) is 4.91 Å². The molecule has 148 valence electrons. The molecule has 0 aromatic heterocycles. The van der Waals surface area contributed by atoms with E-state index in [0.29, 0.717) is 5.92 Å². The van der Waals surface area contributed by atoms with Crippen LogP contribution in [0, 0.1) is 13.8 Å². The number of hydrogen-bond donors (Lipinski definition) is 1. The van der Waals surface area contributed by atoms with Crippen molar-refractivity contribution < 1.29 is 0 Å². The molecule has 0 bridgehead atoms. The van der Waals surface area contributed by atoms with E-state index in [4.69, 9.17) is 0 Å². The number of nitrogens with one attached hydrogen (secondary N) is 1. The number of rotatable bonds is 6. The first kappa shape index (κ1) is 20.8. The van der Waals surface area contributed by atoms with Gasteiger partial charge in [-0.05, 0) is 97.2 Å². The van der Waals surface area contributed by atoms with E-state index in [1.54, 1.807) is 11.8 Å². The highest BCUT2D eigenvalue weighted by atomic mass is 32.2. The minimum absolute atomic E-state index is 0.696. The molecule has 0 aliphatic heterocycles. The van der Waals surface area contributed by atoms with Crippen molar-refractivity contribution in [1.29, 1.82) is 0 Å². The van der Waals surface area contributed by atoms with Gasteiger partial charge in [0.05, 0.1) is 0 Å². The van der Waals surface area contributed by atoms with Crippen molar-refractivity contribution in [2.75, 3.05) is 12.4 Å². The second kappa shape index (κ2) is 9.05. The van der Waals surface area contributed by atoms with Crippen LogP contribution in [0.1, 0.15) is 66.0 Å². The highest BCUT2D eigenvalue weighted by Gasteiger charge is 2.16. The molecule has 3 rings (SSSR count). The first-order chi connectivity index (χ1) is 13.4. The second-order valence-electron chi connectivity index (χ2n) is 8.23. The zero-order valence-electron chi connectivity index (χ0n) is 18.0. The lowest BCUT2D eigenvalue weighted by Gasteiger charge is -2.23. The minimum Gasteiger partial charge on any atom is -0.388 e. The lowest BCUT2D eigenvalue weighted by molar-refractivity contribution is 0.590. The minimum atomic E-state index is 0.696. The lowest BCUT2D eigenvalue weighted by atomic mass is 9.83. The molecule has 0 fully saturated rings. The molecule has 28 heavy (non-hydrogen) atoms. The third-order valence-electron chi connectivity index (χ3n) is 5.90. The van der Waals surface area contributed by atoms with Crippen molar-refractivity contribution in [3.8, 4) is 0 Å². The first-order valence-electron chi connectivity index (χ1n) is 10.3. The molecule has 1 nitrogen and oxygen atoms in total. The van der Waals surface area contributed by atoms with Crippen LogP contribution in [0.3, 0.4) is 0 Å². The standard InChI is InChI=1S/C26H33NS/c1-17(12-24-13-20(4)26(27-6)14-19(24)3)16-28-21(5)22-10-11-25-18(2)8-7-9-23(25)15-22/h10-11,13-16,18,27H,5,7-9,12H2,1-4,6H3/b17-16+/t18-/m0/s1. The summed E-state index contributed by atoms with van der Waals surface area (Å²) in [6.07, 6.45) is 4.82. The van der Waals surface area contributed by atoms with Crippen molar-refractivity contribution in [3.63, 3.8) is 0 Å². The zero-order valence-corrected chi connectivity index (χ0v) is 18.8. The molecule has 1 N–H and O–H groups in total. The van der Waals surface area contributed by atoms with Gasteiger partial charge in [0.15, 0.2) is 0 Å². The average molecular weight is 392 g/mol. The highest BCUT2D eigenvalue weighted by Crippen LogP contribution is 2.35. The normalized spacial score (nSPS) is 16.6. The third kappa shape index (κ3) is 4.72. The van der Waals surface area contributed by atoms with E-state index < -0.39 is 0 Å². The Hall–Kier alpha value is -1.93. The van der Waals surface area contributed by atoms with Crippen LogP contribution in [-0.2, 0) is 12.8 Å². The summed E-state index contributed by atoms with van der Waals surface area (Å²) in [5.74, 6) is 0.696. The van der Waals surface area contributed by atoms with Crippen molar-refractivity contribution in [1.82, 2.24) is 0 Å². The smallest absolute Gasteiger partial charge is 0.0370 e. The second-order valence-corrected chi connectivity index (χ2v) is 9.20. The van der Waals surface area contributed by atoms with Gasteiger partial charge in [-0.1, -0.05) is 55.1 Å². The summed E-state index contributed by atoms with van der Waals surface area (Å²) in [6, 6.07) is 11.5. The number of allylic oxidation sites excluding steroid dienone is 1. The molecule has 0 spiro atoms. The number of aryl methyl sites for hydroxylation is 3. The van der Waals surface area contributed by atoms with Gasteiger partial charge in [0, 0.05) is 17.6 Å². The third-order valence-corrected chi connectivity index (χ3v) is 6.94. The molecule has 0 saturated carbocycles. The first-order valence-corrected chi connectivity index (χ1v) is 11.2. The Kier molecular flexibility index (Phi) is 6.72. The van der Waals surface area contributed by atoms with Gasteiger partial charge in [0.25, 0.3) is 0 Å². The summed E-state index contributed by atoms with van der Waals surface area (Å²) in [4.78, 5) is 1.14. The largest absolute Gasteiger partial charge is 0.388 e. The van der Waals surface area contributed by atoms with Crippen molar-refractivity contribution >= 4 is 22.4 Å². The Morgan fingerprint density at radius 3 is 2.75 bits per heavy atom. The van der Waals surface area contributed by atoms with Gasteiger partial charge >= 0.3 is 0 Å². The zero-order chi connectivity index (χ0) is 20.3. The van der Waals surface area contributed by atoms with E-state index in [9.17, 15) is 0 Å². The summed E-state index contributed by atoms with van der Waals surface area (Å²) in [7, 11) is 1.98. The van der Waals surface area contributed by atoms with E-state index in [0.717, 1.165) is 11.3 Å². The van der Waals surface area contributed by atoms with Crippen LogP contribution in [0.5, 0.6) is 0 Å². The Morgan fingerprint density at radius 1 is 1.21 bits per heavy atom. The fraction of sp³-hybridized carbons (Fsp3) is 0.385. The van der Waals surface area contributed by atoms with Crippen LogP contribution in [0.15, 0.2) is 47.9 Å². The van der Waals surface area contributed by atoms with Crippen LogP contribution in [-0.4, -0.2) is 7.05 Å². The molecule has 1 aliphatic rings. The molecule has 0 unspecified atom stereocenters. The molecule has 1 atom stereocenters. The maximum Gasteiger partial charge on any atom is 0.0370 e. The average Bonchev–Trinajstić information content (AvgIpc) is 2.68. The lowest BCUT2D eigenvalue weighted by Crippen LogP contribution is -2.07. The molecule has 0 amide bonds. The van der Waals surface area contributed by atoms with Gasteiger partial charge in [-0.2, -0.15) is 0 Å². The van der Waals surface area contributed by atoms with Gasteiger partial charge in [0.1, 0.15) is 0 Å². The number of benzene rings is 2.